The number of nitrogens with one attached hydrogen (secondary N) is 2. The summed E-state index contributed by atoms with van der Waals surface area (Å²) in [7, 11) is 0. The first-order chi connectivity index (χ1) is 9.61. The van der Waals surface area contributed by atoms with Crippen molar-refractivity contribution in [2.24, 2.45) is 0 Å². The molecule has 4 N–H and O–H groups in total. The van der Waals surface area contributed by atoms with Crippen molar-refractivity contribution in [3.05, 3.63) is 35.9 Å². The molecule has 0 aliphatic heterocycles. The van der Waals surface area contributed by atoms with Crippen LogP contribution in [0.15, 0.2) is 30.3 Å². The monoisotopic (exact) mass is 275 g/mol. The van der Waals surface area contributed by atoms with Gasteiger partial charge in [0.1, 0.15) is 0 Å². The molecule has 1 aromatic rings. The minimum Gasteiger partial charge on any atom is -0.399 e. The first kappa shape index (κ1) is 15.8. The molecule has 1 rings (SSSR count). The lowest BCUT2D eigenvalue weighted by Crippen LogP contribution is -2.30. The average molecular weight is 275 g/mol. The molecule has 0 heterocycles. The summed E-state index contributed by atoms with van der Waals surface area (Å²) < 4.78 is 0. The van der Waals surface area contributed by atoms with Crippen molar-refractivity contribution in [2.45, 2.75) is 19.8 Å². The van der Waals surface area contributed by atoms with E-state index in [1.807, 2.05) is 19.1 Å². The van der Waals surface area contributed by atoms with E-state index in [1.165, 1.54) is 6.08 Å². The second-order valence-corrected chi connectivity index (χ2v) is 4.39. The molecular formula is C15H21N3O2. The molecule has 0 fully saturated rings. The summed E-state index contributed by atoms with van der Waals surface area (Å²) in [4.78, 5) is 22.8. The van der Waals surface area contributed by atoms with Crippen molar-refractivity contribution in [3.8, 4) is 0 Å². The van der Waals surface area contributed by atoms with Gasteiger partial charge in [0.2, 0.25) is 11.8 Å². The molecule has 0 aliphatic rings. The van der Waals surface area contributed by atoms with E-state index in [0.717, 1.165) is 12.0 Å². The maximum Gasteiger partial charge on any atom is 0.244 e. The Morgan fingerprint density at radius 3 is 2.75 bits per heavy atom. The summed E-state index contributed by atoms with van der Waals surface area (Å²) in [6.45, 7) is 2.99. The van der Waals surface area contributed by atoms with Crippen molar-refractivity contribution in [1.29, 1.82) is 0 Å². The number of benzene rings is 1. The summed E-state index contributed by atoms with van der Waals surface area (Å²) in [5.74, 6) is -0.275. The molecule has 0 aromatic heterocycles. The van der Waals surface area contributed by atoms with Crippen LogP contribution in [0.4, 0.5) is 5.69 Å². The molecule has 20 heavy (non-hydrogen) atoms. The number of hydrogen-bond acceptors (Lipinski definition) is 3. The second kappa shape index (κ2) is 8.74. The molecule has 0 saturated heterocycles. The number of nitrogen functional groups attached to an aromatic ring is 1. The Balaban J connectivity index is 2.28. The zero-order valence-corrected chi connectivity index (χ0v) is 11.7. The van der Waals surface area contributed by atoms with Gasteiger partial charge in [-0.3, -0.25) is 9.59 Å². The predicted molar refractivity (Wildman–Crippen MR) is 80.8 cm³/mol. The van der Waals surface area contributed by atoms with Crippen LogP contribution in [0, 0.1) is 0 Å². The Labute approximate surface area is 119 Å². The molecule has 5 nitrogen and oxygen atoms in total. The molecule has 0 radical (unpaired) electrons. The summed E-state index contributed by atoms with van der Waals surface area (Å²) in [5, 5.41) is 5.41. The Kier molecular flexibility index (Phi) is 6.89. The van der Waals surface area contributed by atoms with Gasteiger partial charge in [0.25, 0.3) is 0 Å². The molecule has 5 heteroatoms. The van der Waals surface area contributed by atoms with Crippen LogP contribution in [-0.4, -0.2) is 24.9 Å². The van der Waals surface area contributed by atoms with Gasteiger partial charge in [0.05, 0.1) is 0 Å². The van der Waals surface area contributed by atoms with E-state index in [1.54, 1.807) is 18.2 Å². The van der Waals surface area contributed by atoms with Gasteiger partial charge in [0, 0.05) is 31.3 Å². The molecule has 1 aromatic carbocycles. The van der Waals surface area contributed by atoms with Crippen LogP contribution in [0.5, 0.6) is 0 Å². The number of carbonyl (C=O) groups is 2. The van der Waals surface area contributed by atoms with Crippen molar-refractivity contribution in [1.82, 2.24) is 10.6 Å². The van der Waals surface area contributed by atoms with Crippen LogP contribution in [0.3, 0.4) is 0 Å². The first-order valence-corrected chi connectivity index (χ1v) is 6.70. The van der Waals surface area contributed by atoms with E-state index >= 15 is 0 Å². The molecule has 0 saturated carbocycles. The molecule has 0 unspecified atom stereocenters. The Morgan fingerprint density at radius 2 is 2.05 bits per heavy atom. The number of rotatable bonds is 7. The minimum absolute atomic E-state index is 0.0491. The molecule has 0 aliphatic carbocycles. The van der Waals surface area contributed by atoms with Gasteiger partial charge in [-0.2, -0.15) is 0 Å². The van der Waals surface area contributed by atoms with Gasteiger partial charge in [-0.15, -0.1) is 0 Å². The molecule has 2 amide bonds. The zero-order chi connectivity index (χ0) is 14.8. The highest BCUT2D eigenvalue weighted by Crippen LogP contribution is 2.07. The highest BCUT2D eigenvalue weighted by Gasteiger charge is 2.01. The van der Waals surface area contributed by atoms with Gasteiger partial charge in [-0.25, -0.2) is 0 Å². The van der Waals surface area contributed by atoms with E-state index in [-0.39, 0.29) is 18.2 Å². The largest absolute Gasteiger partial charge is 0.399 e. The SMILES string of the molecule is CCCNC(=O)CCNC(=O)/C=C/c1cccc(N)c1. The molecular weight excluding hydrogens is 254 g/mol. The lowest BCUT2D eigenvalue weighted by molar-refractivity contribution is -0.121. The van der Waals surface area contributed by atoms with Crippen LogP contribution in [-0.2, 0) is 9.59 Å². The lowest BCUT2D eigenvalue weighted by Gasteiger charge is -2.03. The fourth-order valence-corrected chi connectivity index (χ4v) is 1.55. The van der Waals surface area contributed by atoms with Crippen molar-refractivity contribution in [2.75, 3.05) is 18.8 Å². The number of anilines is 1. The summed E-state index contributed by atoms with van der Waals surface area (Å²) in [6, 6.07) is 7.25. The second-order valence-electron chi connectivity index (χ2n) is 4.39. The maximum atomic E-state index is 11.5. The molecule has 108 valence electrons. The minimum atomic E-state index is -0.226. The third-order valence-electron chi connectivity index (χ3n) is 2.56. The van der Waals surface area contributed by atoms with Crippen molar-refractivity contribution in [3.63, 3.8) is 0 Å². The van der Waals surface area contributed by atoms with E-state index in [4.69, 9.17) is 5.73 Å². The quantitative estimate of drug-likeness (QED) is 0.518. The normalized spacial score (nSPS) is 10.4. The predicted octanol–water partition coefficient (Wildman–Crippen LogP) is 1.31. The number of nitrogens with two attached hydrogens (primary N) is 1. The smallest absolute Gasteiger partial charge is 0.244 e. The summed E-state index contributed by atoms with van der Waals surface area (Å²) in [6.07, 6.45) is 4.31. The van der Waals surface area contributed by atoms with Crippen molar-refractivity contribution >= 4 is 23.6 Å². The van der Waals surface area contributed by atoms with Crippen LogP contribution < -0.4 is 16.4 Å². The first-order valence-electron chi connectivity index (χ1n) is 6.70. The van der Waals surface area contributed by atoms with E-state index in [9.17, 15) is 9.59 Å². The summed E-state index contributed by atoms with van der Waals surface area (Å²) in [5.41, 5.74) is 7.15. The maximum absolute atomic E-state index is 11.5. The fraction of sp³-hybridized carbons (Fsp3) is 0.333. The third kappa shape index (κ3) is 6.58. The standard InChI is InChI=1S/C15H21N3O2/c1-2-9-17-15(20)8-10-18-14(19)7-6-12-4-3-5-13(16)11-12/h3-7,11H,2,8-10,16H2,1H3,(H,17,20)(H,18,19)/b7-6+. The highest BCUT2D eigenvalue weighted by atomic mass is 16.2. The Hall–Kier alpha value is -2.30. The van der Waals surface area contributed by atoms with Gasteiger partial charge in [0.15, 0.2) is 0 Å². The Morgan fingerprint density at radius 1 is 1.25 bits per heavy atom. The fourth-order valence-electron chi connectivity index (χ4n) is 1.55. The molecule has 0 bridgehead atoms. The lowest BCUT2D eigenvalue weighted by atomic mass is 10.2. The number of carbonyl (C=O) groups excluding carboxylic acids is 2. The topological polar surface area (TPSA) is 84.2 Å². The van der Waals surface area contributed by atoms with E-state index in [2.05, 4.69) is 10.6 Å². The van der Waals surface area contributed by atoms with Gasteiger partial charge in [-0.05, 0) is 30.2 Å². The van der Waals surface area contributed by atoms with Crippen LogP contribution in [0.25, 0.3) is 6.08 Å². The van der Waals surface area contributed by atoms with Crippen molar-refractivity contribution < 1.29 is 9.59 Å². The van der Waals surface area contributed by atoms with Crippen LogP contribution >= 0.6 is 0 Å². The molecule has 0 spiro atoms. The highest BCUT2D eigenvalue weighted by molar-refractivity contribution is 5.92. The van der Waals surface area contributed by atoms with Crippen LogP contribution in [0.2, 0.25) is 0 Å². The Bertz CT molecular complexity index is 484. The van der Waals surface area contributed by atoms with Gasteiger partial charge < -0.3 is 16.4 Å². The number of amides is 2. The summed E-state index contributed by atoms with van der Waals surface area (Å²) >= 11 is 0. The average Bonchev–Trinajstić information content (AvgIpc) is 2.43. The van der Waals surface area contributed by atoms with Gasteiger partial charge >= 0.3 is 0 Å². The van der Waals surface area contributed by atoms with E-state index in [0.29, 0.717) is 18.8 Å². The van der Waals surface area contributed by atoms with Crippen LogP contribution in [0.1, 0.15) is 25.3 Å². The third-order valence-corrected chi connectivity index (χ3v) is 2.56. The van der Waals surface area contributed by atoms with E-state index < -0.39 is 0 Å². The zero-order valence-electron chi connectivity index (χ0n) is 11.7. The van der Waals surface area contributed by atoms with Gasteiger partial charge in [-0.1, -0.05) is 19.1 Å². The molecule has 0 atom stereocenters. The number of hydrogen-bond donors (Lipinski definition) is 3.